The molecule has 0 fully saturated rings. The second-order valence-electron chi connectivity index (χ2n) is 4.94. The quantitative estimate of drug-likeness (QED) is 0.828. The largest absolute Gasteiger partial charge is 0.478 e. The fourth-order valence-corrected chi connectivity index (χ4v) is 2.13. The van der Waals surface area contributed by atoms with Gasteiger partial charge in [-0.1, -0.05) is 24.3 Å². The summed E-state index contributed by atoms with van der Waals surface area (Å²) in [5.74, 6) is -0.935. The molecule has 1 heterocycles. The summed E-state index contributed by atoms with van der Waals surface area (Å²) < 4.78 is 0. The molecule has 0 bridgehead atoms. The fourth-order valence-electron chi connectivity index (χ4n) is 2.13. The van der Waals surface area contributed by atoms with Crippen LogP contribution in [0.1, 0.15) is 16.7 Å². The first-order valence-electron chi connectivity index (χ1n) is 6.71. The molecule has 2 aromatic rings. The summed E-state index contributed by atoms with van der Waals surface area (Å²) in [6.45, 7) is 1.65. The number of aliphatic carboxylic acids is 1. The van der Waals surface area contributed by atoms with E-state index in [1.807, 2.05) is 36.4 Å². The van der Waals surface area contributed by atoms with Gasteiger partial charge in [0, 0.05) is 31.6 Å². The van der Waals surface area contributed by atoms with E-state index in [0.29, 0.717) is 0 Å². The molecule has 4 nitrogen and oxygen atoms in total. The van der Waals surface area contributed by atoms with Gasteiger partial charge in [-0.2, -0.15) is 0 Å². The average Bonchev–Trinajstić information content (AvgIpc) is 2.46. The highest BCUT2D eigenvalue weighted by Gasteiger charge is 2.02. The lowest BCUT2D eigenvalue weighted by molar-refractivity contribution is -0.131. The smallest absolute Gasteiger partial charge is 0.328 e. The Kier molecular flexibility index (Phi) is 5.23. The minimum absolute atomic E-state index is 0.803. The molecule has 0 amide bonds. The van der Waals surface area contributed by atoms with Gasteiger partial charge in [0.1, 0.15) is 0 Å². The van der Waals surface area contributed by atoms with E-state index < -0.39 is 5.97 Å². The van der Waals surface area contributed by atoms with Gasteiger partial charge in [0.2, 0.25) is 0 Å². The lowest BCUT2D eigenvalue weighted by Gasteiger charge is -2.17. The first-order chi connectivity index (χ1) is 10.1. The van der Waals surface area contributed by atoms with Crippen molar-refractivity contribution in [3.05, 3.63) is 71.6 Å². The van der Waals surface area contributed by atoms with Gasteiger partial charge in [0.15, 0.2) is 0 Å². The molecule has 0 radical (unpaired) electrons. The third-order valence-corrected chi connectivity index (χ3v) is 3.02. The molecule has 0 spiro atoms. The maximum atomic E-state index is 10.5. The Hall–Kier alpha value is -2.46. The SMILES string of the molecule is CN(Cc1ccncc1)Cc1cccc(C=CC(=O)O)c1. The Morgan fingerprint density at radius 2 is 1.90 bits per heavy atom. The molecule has 4 heteroatoms. The Morgan fingerprint density at radius 1 is 1.19 bits per heavy atom. The number of aromatic nitrogens is 1. The van der Waals surface area contributed by atoms with Crippen molar-refractivity contribution in [1.29, 1.82) is 0 Å². The van der Waals surface area contributed by atoms with Gasteiger partial charge in [0.25, 0.3) is 0 Å². The molecule has 1 aromatic heterocycles. The molecule has 0 atom stereocenters. The van der Waals surface area contributed by atoms with Crippen LogP contribution in [0.4, 0.5) is 0 Å². The predicted octanol–water partition coefficient (Wildman–Crippen LogP) is 2.81. The third-order valence-electron chi connectivity index (χ3n) is 3.02. The fraction of sp³-hybridized carbons (Fsp3) is 0.176. The lowest BCUT2D eigenvalue weighted by atomic mass is 10.1. The van der Waals surface area contributed by atoms with Crippen molar-refractivity contribution in [3.8, 4) is 0 Å². The number of rotatable bonds is 6. The number of carboxylic acids is 1. The Labute approximate surface area is 124 Å². The molecule has 21 heavy (non-hydrogen) atoms. The van der Waals surface area contributed by atoms with Crippen LogP contribution in [0, 0.1) is 0 Å². The minimum atomic E-state index is -0.935. The van der Waals surface area contributed by atoms with Gasteiger partial charge in [-0.25, -0.2) is 4.79 Å². The van der Waals surface area contributed by atoms with Crippen LogP contribution in [0.25, 0.3) is 6.08 Å². The molecule has 0 aliphatic carbocycles. The van der Waals surface area contributed by atoms with Crippen LogP contribution >= 0.6 is 0 Å². The average molecular weight is 282 g/mol. The molecule has 1 N–H and O–H groups in total. The van der Waals surface area contributed by atoms with Crippen LogP contribution in [0.3, 0.4) is 0 Å². The van der Waals surface area contributed by atoms with E-state index >= 15 is 0 Å². The number of carboxylic acid groups (broad SMARTS) is 1. The normalized spacial score (nSPS) is 11.1. The number of nitrogens with zero attached hydrogens (tertiary/aromatic N) is 2. The first-order valence-corrected chi connectivity index (χ1v) is 6.71. The zero-order valence-corrected chi connectivity index (χ0v) is 11.9. The van der Waals surface area contributed by atoms with Crippen molar-refractivity contribution in [2.24, 2.45) is 0 Å². The molecule has 0 saturated carbocycles. The summed E-state index contributed by atoms with van der Waals surface area (Å²) in [7, 11) is 2.06. The van der Waals surface area contributed by atoms with Gasteiger partial charge in [-0.3, -0.25) is 9.88 Å². The first kappa shape index (κ1) is 14.9. The maximum absolute atomic E-state index is 10.5. The van der Waals surface area contributed by atoms with Gasteiger partial charge >= 0.3 is 5.97 Å². The van der Waals surface area contributed by atoms with Crippen molar-refractivity contribution < 1.29 is 9.90 Å². The maximum Gasteiger partial charge on any atom is 0.328 e. The molecule has 108 valence electrons. The highest BCUT2D eigenvalue weighted by Crippen LogP contribution is 2.11. The molecule has 0 aliphatic rings. The molecule has 0 saturated heterocycles. The molecule has 2 rings (SSSR count). The van der Waals surface area contributed by atoms with Crippen LogP contribution < -0.4 is 0 Å². The summed E-state index contributed by atoms with van der Waals surface area (Å²) in [5.41, 5.74) is 3.26. The van der Waals surface area contributed by atoms with E-state index in [4.69, 9.17) is 5.11 Å². The van der Waals surface area contributed by atoms with E-state index in [1.165, 1.54) is 5.56 Å². The number of hydrogen-bond acceptors (Lipinski definition) is 3. The van der Waals surface area contributed by atoms with E-state index in [-0.39, 0.29) is 0 Å². The molecule has 0 aliphatic heterocycles. The van der Waals surface area contributed by atoms with E-state index in [1.54, 1.807) is 18.5 Å². The lowest BCUT2D eigenvalue weighted by Crippen LogP contribution is -2.17. The van der Waals surface area contributed by atoms with E-state index in [0.717, 1.165) is 30.3 Å². The summed E-state index contributed by atoms with van der Waals surface area (Å²) >= 11 is 0. The topological polar surface area (TPSA) is 53.4 Å². The van der Waals surface area contributed by atoms with E-state index in [9.17, 15) is 4.79 Å². The van der Waals surface area contributed by atoms with Crippen molar-refractivity contribution in [1.82, 2.24) is 9.88 Å². The Morgan fingerprint density at radius 3 is 2.62 bits per heavy atom. The molecular formula is C17H18N2O2. The minimum Gasteiger partial charge on any atom is -0.478 e. The van der Waals surface area contributed by atoms with Crippen LogP contribution in [0.15, 0.2) is 54.9 Å². The van der Waals surface area contributed by atoms with Crippen LogP contribution in [-0.2, 0) is 17.9 Å². The van der Waals surface area contributed by atoms with Gasteiger partial charge in [-0.05, 0) is 41.9 Å². The summed E-state index contributed by atoms with van der Waals surface area (Å²) in [5, 5.41) is 8.65. The Balaban J connectivity index is 1.99. The third kappa shape index (κ3) is 5.20. The van der Waals surface area contributed by atoms with Gasteiger partial charge in [0.05, 0.1) is 0 Å². The molecule has 0 unspecified atom stereocenters. The number of pyridine rings is 1. The summed E-state index contributed by atoms with van der Waals surface area (Å²) in [4.78, 5) is 16.8. The van der Waals surface area contributed by atoms with Crippen LogP contribution in [-0.4, -0.2) is 28.0 Å². The van der Waals surface area contributed by atoms with Gasteiger partial charge < -0.3 is 5.11 Å². The second kappa shape index (κ2) is 7.36. The predicted molar refractivity (Wildman–Crippen MR) is 82.5 cm³/mol. The highest BCUT2D eigenvalue weighted by molar-refractivity contribution is 5.85. The standard InChI is InChI=1S/C17H18N2O2/c1-19(12-15-7-9-18-10-8-15)13-16-4-2-3-14(11-16)5-6-17(20)21/h2-11H,12-13H2,1H3,(H,20,21). The number of hydrogen-bond donors (Lipinski definition) is 1. The van der Waals surface area contributed by atoms with E-state index in [2.05, 4.69) is 16.9 Å². The summed E-state index contributed by atoms with van der Waals surface area (Å²) in [6.07, 6.45) is 6.34. The molecular weight excluding hydrogens is 264 g/mol. The Bertz CT molecular complexity index is 624. The van der Waals surface area contributed by atoms with Gasteiger partial charge in [-0.15, -0.1) is 0 Å². The number of carbonyl (C=O) groups is 1. The monoisotopic (exact) mass is 282 g/mol. The number of benzene rings is 1. The zero-order valence-electron chi connectivity index (χ0n) is 11.9. The van der Waals surface area contributed by atoms with Crippen molar-refractivity contribution in [3.63, 3.8) is 0 Å². The van der Waals surface area contributed by atoms with Crippen molar-refractivity contribution in [2.75, 3.05) is 7.05 Å². The summed E-state index contributed by atoms with van der Waals surface area (Å²) in [6, 6.07) is 11.9. The highest BCUT2D eigenvalue weighted by atomic mass is 16.4. The van der Waals surface area contributed by atoms with Crippen molar-refractivity contribution in [2.45, 2.75) is 13.1 Å². The molecule has 1 aromatic carbocycles. The zero-order chi connectivity index (χ0) is 15.1. The second-order valence-corrected chi connectivity index (χ2v) is 4.94. The van der Waals surface area contributed by atoms with Crippen LogP contribution in [0.5, 0.6) is 0 Å². The van der Waals surface area contributed by atoms with Crippen molar-refractivity contribution >= 4 is 12.0 Å². The van der Waals surface area contributed by atoms with Crippen LogP contribution in [0.2, 0.25) is 0 Å².